The molecule has 0 amide bonds. The molecule has 204 valence electrons. The second-order valence-electron chi connectivity index (χ2n) is 9.70. The SMILES string of the molecule is COc1ccc2c(Oc3ccc(CC(=O)c4cc5c(n(-c6ccccc6)c4=O)CCCC5=O)cc3F)ncnc2c1. The minimum Gasteiger partial charge on any atom is -0.497 e. The summed E-state index contributed by atoms with van der Waals surface area (Å²) in [5.41, 5.74) is 1.90. The third-order valence-electron chi connectivity index (χ3n) is 7.11. The standard InChI is InChI=1S/C32H24FN3O5/c1-40-21-11-12-22-26(16-21)34-18-35-31(22)41-30-13-10-19(14-25(30)33)15-29(38)24-17-23-27(8-5-9-28(23)37)36(32(24)39)20-6-3-2-4-7-20/h2-4,6-7,10-14,16-18H,5,8-9,15H2,1H3. The number of hydrogen-bond acceptors (Lipinski definition) is 7. The van der Waals surface area contributed by atoms with E-state index >= 15 is 4.39 Å². The number of carbonyl (C=O) groups excluding carboxylic acids is 2. The van der Waals surface area contributed by atoms with E-state index in [9.17, 15) is 14.4 Å². The lowest BCUT2D eigenvalue weighted by molar-refractivity contribution is 0.0971. The molecule has 2 aromatic heterocycles. The van der Waals surface area contributed by atoms with Gasteiger partial charge in [0.25, 0.3) is 5.56 Å². The number of para-hydroxylation sites is 1. The van der Waals surface area contributed by atoms with Crippen molar-refractivity contribution in [3.05, 3.63) is 118 Å². The molecule has 6 rings (SSSR count). The number of ketones is 2. The number of hydrogen-bond donors (Lipinski definition) is 0. The molecule has 0 radical (unpaired) electrons. The molecule has 0 spiro atoms. The Bertz CT molecular complexity index is 1880. The maximum absolute atomic E-state index is 15.1. The summed E-state index contributed by atoms with van der Waals surface area (Å²) in [5, 5.41) is 0.573. The Morgan fingerprint density at radius 1 is 0.976 bits per heavy atom. The van der Waals surface area contributed by atoms with Crippen LogP contribution >= 0.6 is 0 Å². The van der Waals surface area contributed by atoms with Gasteiger partial charge < -0.3 is 9.47 Å². The highest BCUT2D eigenvalue weighted by molar-refractivity contribution is 6.03. The van der Waals surface area contributed by atoms with Crippen LogP contribution in [0.4, 0.5) is 4.39 Å². The minimum absolute atomic E-state index is 0.0807. The van der Waals surface area contributed by atoms with Crippen LogP contribution in [0.25, 0.3) is 16.6 Å². The summed E-state index contributed by atoms with van der Waals surface area (Å²) in [7, 11) is 1.55. The zero-order chi connectivity index (χ0) is 28.5. The Labute approximate surface area is 234 Å². The van der Waals surface area contributed by atoms with Gasteiger partial charge in [-0.1, -0.05) is 24.3 Å². The van der Waals surface area contributed by atoms with Crippen molar-refractivity contribution in [1.29, 1.82) is 0 Å². The van der Waals surface area contributed by atoms with E-state index in [4.69, 9.17) is 9.47 Å². The van der Waals surface area contributed by atoms with E-state index in [1.165, 1.54) is 29.1 Å². The highest BCUT2D eigenvalue weighted by Gasteiger charge is 2.26. The lowest BCUT2D eigenvalue weighted by Crippen LogP contribution is -2.32. The summed E-state index contributed by atoms with van der Waals surface area (Å²) in [6.07, 6.45) is 2.63. The van der Waals surface area contributed by atoms with E-state index < -0.39 is 17.2 Å². The molecule has 1 aliphatic rings. The van der Waals surface area contributed by atoms with Crippen molar-refractivity contribution in [3.63, 3.8) is 0 Å². The highest BCUT2D eigenvalue weighted by atomic mass is 19.1. The number of carbonyl (C=O) groups is 2. The average Bonchev–Trinajstić information content (AvgIpc) is 2.98. The summed E-state index contributed by atoms with van der Waals surface area (Å²) >= 11 is 0. The van der Waals surface area contributed by atoms with Crippen molar-refractivity contribution in [2.75, 3.05) is 7.11 Å². The van der Waals surface area contributed by atoms with Gasteiger partial charge >= 0.3 is 0 Å². The quantitative estimate of drug-likeness (QED) is 0.241. The molecule has 5 aromatic rings. The third kappa shape index (κ3) is 4.98. The molecule has 0 aliphatic heterocycles. The summed E-state index contributed by atoms with van der Waals surface area (Å²) in [6, 6.07) is 19.7. The van der Waals surface area contributed by atoms with Gasteiger partial charge in [0.1, 0.15) is 12.1 Å². The van der Waals surface area contributed by atoms with Gasteiger partial charge in [-0.15, -0.1) is 0 Å². The molecule has 9 heteroatoms. The van der Waals surface area contributed by atoms with Gasteiger partial charge in [-0.05, 0) is 60.9 Å². The average molecular weight is 550 g/mol. The van der Waals surface area contributed by atoms with Crippen molar-refractivity contribution >= 4 is 22.5 Å². The molecular weight excluding hydrogens is 525 g/mol. The molecule has 0 fully saturated rings. The fourth-order valence-corrected chi connectivity index (χ4v) is 5.08. The van der Waals surface area contributed by atoms with E-state index in [0.717, 1.165) is 0 Å². The van der Waals surface area contributed by atoms with Crippen LogP contribution in [0.5, 0.6) is 17.4 Å². The van der Waals surface area contributed by atoms with Gasteiger partial charge in [0.2, 0.25) is 5.88 Å². The van der Waals surface area contributed by atoms with Crippen LogP contribution in [0.15, 0.2) is 83.9 Å². The number of benzene rings is 3. The molecular formula is C32H24FN3O5. The van der Waals surface area contributed by atoms with Crippen LogP contribution in [-0.4, -0.2) is 33.2 Å². The first-order valence-electron chi connectivity index (χ1n) is 13.1. The molecule has 3 aromatic carbocycles. The van der Waals surface area contributed by atoms with Gasteiger partial charge in [-0.2, -0.15) is 0 Å². The minimum atomic E-state index is -0.696. The van der Waals surface area contributed by atoms with Crippen LogP contribution in [0, 0.1) is 5.82 Å². The fraction of sp³-hybridized carbons (Fsp3) is 0.156. The Kier molecular flexibility index (Phi) is 6.84. The van der Waals surface area contributed by atoms with E-state index in [2.05, 4.69) is 9.97 Å². The molecule has 0 N–H and O–H groups in total. The summed E-state index contributed by atoms with van der Waals surface area (Å²) in [4.78, 5) is 48.1. The molecule has 41 heavy (non-hydrogen) atoms. The van der Waals surface area contributed by atoms with Gasteiger partial charge in [0.05, 0.1) is 23.6 Å². The van der Waals surface area contributed by atoms with Crippen LogP contribution in [0.3, 0.4) is 0 Å². The normalized spacial score (nSPS) is 12.7. The largest absolute Gasteiger partial charge is 0.497 e. The van der Waals surface area contributed by atoms with Crippen LogP contribution in [-0.2, 0) is 12.8 Å². The number of ether oxygens (including phenoxy) is 2. The van der Waals surface area contributed by atoms with Crippen molar-refractivity contribution < 1.29 is 23.5 Å². The highest BCUT2D eigenvalue weighted by Crippen LogP contribution is 2.31. The number of pyridine rings is 1. The summed E-state index contributed by atoms with van der Waals surface area (Å²) in [6.45, 7) is 0. The van der Waals surface area contributed by atoms with E-state index in [1.807, 2.05) is 6.07 Å². The third-order valence-corrected chi connectivity index (χ3v) is 7.11. The first kappa shape index (κ1) is 26.1. The first-order chi connectivity index (χ1) is 19.9. The fourth-order valence-electron chi connectivity index (χ4n) is 5.08. The van der Waals surface area contributed by atoms with Crippen molar-refractivity contribution in [3.8, 4) is 23.1 Å². The molecule has 8 nitrogen and oxygen atoms in total. The first-order valence-corrected chi connectivity index (χ1v) is 13.1. The summed E-state index contributed by atoms with van der Waals surface area (Å²) in [5.74, 6) is -0.611. The number of methoxy groups -OCH3 is 1. The van der Waals surface area contributed by atoms with E-state index in [0.29, 0.717) is 58.4 Å². The predicted octanol–water partition coefficient (Wildman–Crippen LogP) is 5.67. The molecule has 2 heterocycles. The summed E-state index contributed by atoms with van der Waals surface area (Å²) < 4.78 is 27.6. The zero-order valence-corrected chi connectivity index (χ0v) is 22.1. The number of Topliss-reactive ketones (excluding diaryl/α,β-unsaturated/α-hetero) is 2. The molecule has 1 aliphatic carbocycles. The van der Waals surface area contributed by atoms with Crippen molar-refractivity contribution in [1.82, 2.24) is 14.5 Å². The number of aromatic nitrogens is 3. The lowest BCUT2D eigenvalue weighted by Gasteiger charge is -2.21. The molecule has 0 saturated carbocycles. The van der Waals surface area contributed by atoms with Gasteiger partial charge in [0, 0.05) is 35.9 Å². The zero-order valence-electron chi connectivity index (χ0n) is 22.1. The number of fused-ring (bicyclic) bond motifs is 2. The predicted molar refractivity (Wildman–Crippen MR) is 150 cm³/mol. The molecule has 0 unspecified atom stereocenters. The molecule has 0 saturated heterocycles. The van der Waals surface area contributed by atoms with Gasteiger partial charge in [0.15, 0.2) is 23.1 Å². The second kappa shape index (κ2) is 10.8. The van der Waals surface area contributed by atoms with Crippen LogP contribution in [0.2, 0.25) is 0 Å². The monoisotopic (exact) mass is 549 g/mol. The van der Waals surface area contributed by atoms with Crippen molar-refractivity contribution in [2.24, 2.45) is 0 Å². The Morgan fingerprint density at radius 3 is 2.59 bits per heavy atom. The second-order valence-corrected chi connectivity index (χ2v) is 9.70. The molecule has 0 atom stereocenters. The number of halogens is 1. The number of rotatable bonds is 7. The Hall–Kier alpha value is -5.18. The Balaban J connectivity index is 1.30. The van der Waals surface area contributed by atoms with Crippen LogP contribution in [0.1, 0.15) is 44.8 Å². The lowest BCUT2D eigenvalue weighted by atomic mass is 9.91. The van der Waals surface area contributed by atoms with Crippen LogP contribution < -0.4 is 15.0 Å². The van der Waals surface area contributed by atoms with Crippen molar-refractivity contribution in [2.45, 2.75) is 25.7 Å². The smallest absolute Gasteiger partial charge is 0.266 e. The van der Waals surface area contributed by atoms with Gasteiger partial charge in [-0.25, -0.2) is 14.4 Å². The maximum Gasteiger partial charge on any atom is 0.266 e. The maximum atomic E-state index is 15.1. The Morgan fingerprint density at radius 2 is 1.80 bits per heavy atom. The van der Waals surface area contributed by atoms with E-state index in [1.54, 1.807) is 55.6 Å². The van der Waals surface area contributed by atoms with Gasteiger partial charge in [-0.3, -0.25) is 19.0 Å². The topological polar surface area (TPSA) is 100 Å². The molecule has 0 bridgehead atoms. The number of nitrogens with zero attached hydrogens (tertiary/aromatic N) is 3. The van der Waals surface area contributed by atoms with E-state index in [-0.39, 0.29) is 29.4 Å².